The highest BCUT2D eigenvalue weighted by Crippen LogP contribution is 1.98. The number of nitrogens with zero attached hydrogens (tertiary/aromatic N) is 3. The van der Waals surface area contributed by atoms with E-state index < -0.39 is 0 Å². The molecule has 0 unspecified atom stereocenters. The van der Waals surface area contributed by atoms with Crippen LogP contribution in [0.25, 0.3) is 0 Å². The summed E-state index contributed by atoms with van der Waals surface area (Å²) in [5.74, 6) is 0.639. The second kappa shape index (κ2) is 8.99. The molecule has 0 saturated heterocycles. The van der Waals surface area contributed by atoms with Crippen molar-refractivity contribution in [2.45, 2.75) is 19.8 Å². The smallest absolute Gasteiger partial charge is 0.149 e. The minimum absolute atomic E-state index is 0.639. The standard InChI is InChI=1S/C11H19N3O/c1-4-6-7-9-14(8-5-2)11(12-3)10-13-15/h4-5,8,10,15H,1,6-7,9H2,2-3H3/b8-5-,12-11+,13-10+. The Labute approximate surface area is 91.3 Å². The lowest BCUT2D eigenvalue weighted by Gasteiger charge is -2.18. The lowest BCUT2D eigenvalue weighted by Crippen LogP contribution is -2.27. The predicted octanol–water partition coefficient (Wildman–Crippen LogP) is 2.28. The van der Waals surface area contributed by atoms with Gasteiger partial charge in [0.05, 0.1) is 0 Å². The maximum absolute atomic E-state index is 8.48. The van der Waals surface area contributed by atoms with Gasteiger partial charge < -0.3 is 10.1 Å². The van der Waals surface area contributed by atoms with Crippen molar-refractivity contribution in [3.05, 3.63) is 24.9 Å². The van der Waals surface area contributed by atoms with E-state index in [1.807, 2.05) is 30.2 Å². The number of hydrogen-bond donors (Lipinski definition) is 1. The topological polar surface area (TPSA) is 48.2 Å². The fourth-order valence-electron chi connectivity index (χ4n) is 1.16. The second-order valence-electron chi connectivity index (χ2n) is 2.93. The Morgan fingerprint density at radius 2 is 2.27 bits per heavy atom. The van der Waals surface area contributed by atoms with Crippen LogP contribution in [0.3, 0.4) is 0 Å². The monoisotopic (exact) mass is 209 g/mol. The van der Waals surface area contributed by atoms with Crippen LogP contribution >= 0.6 is 0 Å². The van der Waals surface area contributed by atoms with Crippen molar-refractivity contribution in [3.63, 3.8) is 0 Å². The first kappa shape index (κ1) is 13.4. The van der Waals surface area contributed by atoms with E-state index in [1.165, 1.54) is 6.21 Å². The minimum atomic E-state index is 0.639. The van der Waals surface area contributed by atoms with Crippen LogP contribution < -0.4 is 0 Å². The van der Waals surface area contributed by atoms with Crippen molar-refractivity contribution in [2.75, 3.05) is 13.6 Å². The van der Waals surface area contributed by atoms with Gasteiger partial charge in [-0.1, -0.05) is 17.3 Å². The van der Waals surface area contributed by atoms with Crippen molar-refractivity contribution >= 4 is 12.1 Å². The molecule has 84 valence electrons. The summed E-state index contributed by atoms with van der Waals surface area (Å²) < 4.78 is 0. The fourth-order valence-corrected chi connectivity index (χ4v) is 1.16. The molecule has 0 aliphatic rings. The molecule has 0 radical (unpaired) electrons. The van der Waals surface area contributed by atoms with E-state index >= 15 is 0 Å². The number of rotatable bonds is 6. The zero-order chi connectivity index (χ0) is 11.5. The third kappa shape index (κ3) is 5.67. The van der Waals surface area contributed by atoms with E-state index in [0.717, 1.165) is 19.4 Å². The molecule has 0 saturated carbocycles. The Bertz CT molecular complexity index is 257. The van der Waals surface area contributed by atoms with Gasteiger partial charge in [0.1, 0.15) is 12.1 Å². The van der Waals surface area contributed by atoms with Crippen LogP contribution in [-0.2, 0) is 0 Å². The molecule has 15 heavy (non-hydrogen) atoms. The molecule has 0 aromatic rings. The molecule has 0 aliphatic heterocycles. The molecule has 0 bridgehead atoms. The first-order chi connectivity index (χ1) is 7.29. The van der Waals surface area contributed by atoms with Gasteiger partial charge in [0.15, 0.2) is 0 Å². The Balaban J connectivity index is 4.41. The molecule has 4 nitrogen and oxygen atoms in total. The molecule has 0 aliphatic carbocycles. The van der Waals surface area contributed by atoms with Gasteiger partial charge in [0.25, 0.3) is 0 Å². The summed E-state index contributed by atoms with van der Waals surface area (Å²) in [6, 6.07) is 0. The summed E-state index contributed by atoms with van der Waals surface area (Å²) in [6.45, 7) is 6.43. The van der Waals surface area contributed by atoms with Crippen LogP contribution in [0.5, 0.6) is 0 Å². The van der Waals surface area contributed by atoms with Crippen molar-refractivity contribution < 1.29 is 5.21 Å². The van der Waals surface area contributed by atoms with E-state index in [2.05, 4.69) is 16.7 Å². The molecule has 0 spiro atoms. The van der Waals surface area contributed by atoms with E-state index in [0.29, 0.717) is 5.84 Å². The Morgan fingerprint density at radius 3 is 2.73 bits per heavy atom. The zero-order valence-electron chi connectivity index (χ0n) is 9.43. The van der Waals surface area contributed by atoms with E-state index in [4.69, 9.17) is 5.21 Å². The fraction of sp³-hybridized carbons (Fsp3) is 0.455. The third-order valence-corrected chi connectivity index (χ3v) is 1.83. The van der Waals surface area contributed by atoms with Crippen LogP contribution in [0.4, 0.5) is 0 Å². The van der Waals surface area contributed by atoms with Gasteiger partial charge in [0.2, 0.25) is 0 Å². The number of unbranched alkanes of at least 4 members (excludes halogenated alkanes) is 1. The largest absolute Gasteiger partial charge is 0.411 e. The number of oxime groups is 1. The van der Waals surface area contributed by atoms with Gasteiger partial charge in [-0.25, -0.2) is 0 Å². The average molecular weight is 209 g/mol. The van der Waals surface area contributed by atoms with Crippen LogP contribution in [0.2, 0.25) is 0 Å². The maximum Gasteiger partial charge on any atom is 0.149 e. The summed E-state index contributed by atoms with van der Waals surface area (Å²) in [5.41, 5.74) is 0. The van der Waals surface area contributed by atoms with E-state index in [9.17, 15) is 0 Å². The van der Waals surface area contributed by atoms with Crippen LogP contribution in [0, 0.1) is 0 Å². The first-order valence-electron chi connectivity index (χ1n) is 4.94. The molecular formula is C11H19N3O. The summed E-state index contributed by atoms with van der Waals surface area (Å²) in [7, 11) is 1.67. The molecular weight excluding hydrogens is 190 g/mol. The normalized spacial score (nSPS) is 12.5. The average Bonchev–Trinajstić information content (AvgIpc) is 2.25. The van der Waals surface area contributed by atoms with Crippen molar-refractivity contribution in [1.29, 1.82) is 0 Å². The number of aliphatic imine (C=N–C) groups is 1. The SMILES string of the molecule is C=CCCCN(/C=C\C)C(/C=N/O)=N/C. The second-order valence-corrected chi connectivity index (χ2v) is 2.93. The minimum Gasteiger partial charge on any atom is -0.411 e. The molecule has 1 N–H and O–H groups in total. The Hall–Kier alpha value is -1.58. The highest BCUT2D eigenvalue weighted by Gasteiger charge is 2.04. The van der Waals surface area contributed by atoms with Gasteiger partial charge in [-0.15, -0.1) is 6.58 Å². The van der Waals surface area contributed by atoms with Gasteiger partial charge in [-0.3, -0.25) is 4.99 Å². The highest BCUT2D eigenvalue weighted by molar-refractivity contribution is 6.29. The zero-order valence-corrected chi connectivity index (χ0v) is 9.43. The van der Waals surface area contributed by atoms with Crippen molar-refractivity contribution in [2.24, 2.45) is 10.1 Å². The molecule has 0 fully saturated rings. The van der Waals surface area contributed by atoms with Crippen LogP contribution in [0.15, 0.2) is 35.1 Å². The third-order valence-electron chi connectivity index (χ3n) is 1.83. The Morgan fingerprint density at radius 1 is 1.53 bits per heavy atom. The highest BCUT2D eigenvalue weighted by atomic mass is 16.4. The molecule has 0 heterocycles. The van der Waals surface area contributed by atoms with Gasteiger partial charge >= 0.3 is 0 Å². The maximum atomic E-state index is 8.48. The molecule has 0 aromatic carbocycles. The molecule has 0 aromatic heterocycles. The number of hydrogen-bond acceptors (Lipinski definition) is 3. The molecule has 0 amide bonds. The number of allylic oxidation sites excluding steroid dienone is 2. The van der Waals surface area contributed by atoms with Crippen LogP contribution in [-0.4, -0.2) is 35.7 Å². The van der Waals surface area contributed by atoms with Gasteiger partial charge in [0, 0.05) is 19.8 Å². The van der Waals surface area contributed by atoms with Crippen molar-refractivity contribution in [3.8, 4) is 0 Å². The van der Waals surface area contributed by atoms with E-state index in [-0.39, 0.29) is 0 Å². The van der Waals surface area contributed by atoms with Gasteiger partial charge in [-0.05, 0) is 19.8 Å². The summed E-state index contributed by atoms with van der Waals surface area (Å²) in [5, 5.41) is 11.5. The predicted molar refractivity (Wildman–Crippen MR) is 64.6 cm³/mol. The lowest BCUT2D eigenvalue weighted by molar-refractivity contribution is 0.322. The number of amidine groups is 1. The summed E-state index contributed by atoms with van der Waals surface area (Å²) in [6.07, 6.45) is 9.00. The Kier molecular flexibility index (Phi) is 8.05. The van der Waals surface area contributed by atoms with Gasteiger partial charge in [-0.2, -0.15) is 0 Å². The summed E-state index contributed by atoms with van der Waals surface area (Å²) >= 11 is 0. The van der Waals surface area contributed by atoms with E-state index in [1.54, 1.807) is 7.05 Å². The molecule has 0 rings (SSSR count). The first-order valence-corrected chi connectivity index (χ1v) is 4.94. The van der Waals surface area contributed by atoms with Crippen LogP contribution in [0.1, 0.15) is 19.8 Å². The van der Waals surface area contributed by atoms with Crippen molar-refractivity contribution in [1.82, 2.24) is 4.90 Å². The summed E-state index contributed by atoms with van der Waals surface area (Å²) in [4.78, 5) is 5.97. The molecule has 0 atom stereocenters. The molecule has 4 heteroatoms. The quantitative estimate of drug-likeness (QED) is 0.182. The lowest BCUT2D eigenvalue weighted by atomic mass is 10.3.